The number of nitro benzene ring substituents is 1. The van der Waals surface area contributed by atoms with Crippen molar-refractivity contribution in [1.82, 2.24) is 5.32 Å². The molecule has 0 radical (unpaired) electrons. The number of hydrogen-bond acceptors (Lipinski definition) is 5. The van der Waals surface area contributed by atoms with E-state index in [1.807, 2.05) is 4.90 Å². The summed E-state index contributed by atoms with van der Waals surface area (Å²) in [5.41, 5.74) is 0.422. The van der Waals surface area contributed by atoms with Crippen LogP contribution in [0, 0.1) is 10.1 Å². The molecular weight excluding hydrogens is 290 g/mol. The summed E-state index contributed by atoms with van der Waals surface area (Å²) in [6.45, 7) is 2.83. The Morgan fingerprint density at radius 1 is 1.36 bits per heavy atom. The lowest BCUT2D eigenvalue weighted by atomic mass is 10.1. The molecule has 0 aromatic heterocycles. The molecule has 1 heterocycles. The first-order chi connectivity index (χ1) is 10.4. The Kier molecular flexibility index (Phi) is 4.59. The third-order valence-corrected chi connectivity index (χ3v) is 3.60. The molecule has 1 aliphatic rings. The van der Waals surface area contributed by atoms with Crippen LogP contribution < -0.4 is 10.2 Å². The second-order valence-electron chi connectivity index (χ2n) is 5.19. The molecule has 1 aliphatic heterocycles. The number of rotatable bonds is 5. The standard InChI is InChI=1S/C14H17N3O5/c1-9(14(19)20)15-13(18)10-4-5-11(12(8-10)17(21)22)16-6-2-3-7-16/h4-5,8-9H,2-3,6-7H2,1H3,(H,15,18)(H,19,20)/t9-/m1/s1. The number of nitrogens with one attached hydrogen (secondary N) is 1. The van der Waals surface area contributed by atoms with E-state index in [1.54, 1.807) is 6.07 Å². The summed E-state index contributed by atoms with van der Waals surface area (Å²) < 4.78 is 0. The highest BCUT2D eigenvalue weighted by Crippen LogP contribution is 2.31. The van der Waals surface area contributed by atoms with Crippen molar-refractivity contribution >= 4 is 23.3 Å². The molecule has 118 valence electrons. The van der Waals surface area contributed by atoms with Crippen molar-refractivity contribution in [1.29, 1.82) is 0 Å². The van der Waals surface area contributed by atoms with Crippen LogP contribution in [-0.2, 0) is 4.79 Å². The van der Waals surface area contributed by atoms with Gasteiger partial charge in [0.05, 0.1) is 4.92 Å². The van der Waals surface area contributed by atoms with Crippen LogP contribution in [0.15, 0.2) is 18.2 Å². The van der Waals surface area contributed by atoms with Crippen LogP contribution in [0.5, 0.6) is 0 Å². The average Bonchev–Trinajstić information content (AvgIpc) is 3.00. The number of hydrogen-bond donors (Lipinski definition) is 2. The van der Waals surface area contributed by atoms with E-state index >= 15 is 0 Å². The minimum atomic E-state index is -1.17. The largest absolute Gasteiger partial charge is 0.480 e. The van der Waals surface area contributed by atoms with E-state index in [0.717, 1.165) is 25.9 Å². The Labute approximate surface area is 126 Å². The molecule has 1 amide bonds. The Morgan fingerprint density at radius 2 is 2.00 bits per heavy atom. The molecule has 8 nitrogen and oxygen atoms in total. The summed E-state index contributed by atoms with van der Waals surface area (Å²) in [5.74, 6) is -1.82. The van der Waals surface area contributed by atoms with Crippen molar-refractivity contribution in [2.75, 3.05) is 18.0 Å². The number of amides is 1. The van der Waals surface area contributed by atoms with Crippen molar-refractivity contribution < 1.29 is 19.6 Å². The predicted molar refractivity (Wildman–Crippen MR) is 79.1 cm³/mol. The summed E-state index contributed by atoms with van der Waals surface area (Å²) in [7, 11) is 0. The maximum Gasteiger partial charge on any atom is 0.325 e. The van der Waals surface area contributed by atoms with Crippen molar-refractivity contribution in [3.8, 4) is 0 Å². The van der Waals surface area contributed by atoms with Crippen LogP contribution in [0.4, 0.5) is 11.4 Å². The van der Waals surface area contributed by atoms with Gasteiger partial charge in [-0.1, -0.05) is 0 Å². The molecule has 1 saturated heterocycles. The molecule has 0 bridgehead atoms. The molecule has 1 aromatic carbocycles. The number of nitrogens with zero attached hydrogens (tertiary/aromatic N) is 2. The van der Waals surface area contributed by atoms with Gasteiger partial charge in [-0.3, -0.25) is 19.7 Å². The van der Waals surface area contributed by atoms with E-state index < -0.39 is 22.8 Å². The molecule has 2 rings (SSSR count). The SMILES string of the molecule is C[C@@H](NC(=O)c1ccc(N2CCCC2)c([N+](=O)[O-])c1)C(=O)O. The maximum atomic E-state index is 12.0. The molecule has 0 aliphatic carbocycles. The second kappa shape index (κ2) is 6.42. The number of benzene rings is 1. The van der Waals surface area contributed by atoms with Crippen LogP contribution in [-0.4, -0.2) is 41.0 Å². The molecule has 1 atom stereocenters. The zero-order chi connectivity index (χ0) is 16.3. The van der Waals surface area contributed by atoms with Gasteiger partial charge >= 0.3 is 5.97 Å². The highest BCUT2D eigenvalue weighted by atomic mass is 16.6. The topological polar surface area (TPSA) is 113 Å². The van der Waals surface area contributed by atoms with Gasteiger partial charge in [0.25, 0.3) is 11.6 Å². The minimum Gasteiger partial charge on any atom is -0.480 e. The number of carbonyl (C=O) groups is 2. The fourth-order valence-corrected chi connectivity index (χ4v) is 2.38. The Hall–Kier alpha value is -2.64. The number of nitro groups is 1. The van der Waals surface area contributed by atoms with Gasteiger partial charge in [0.2, 0.25) is 0 Å². The molecule has 2 N–H and O–H groups in total. The molecule has 0 unspecified atom stereocenters. The first-order valence-electron chi connectivity index (χ1n) is 6.97. The van der Waals surface area contributed by atoms with Crippen LogP contribution >= 0.6 is 0 Å². The van der Waals surface area contributed by atoms with Crippen LogP contribution in [0.1, 0.15) is 30.1 Å². The third kappa shape index (κ3) is 3.33. The molecule has 0 spiro atoms. The van der Waals surface area contributed by atoms with E-state index in [2.05, 4.69) is 5.32 Å². The highest BCUT2D eigenvalue weighted by Gasteiger charge is 2.24. The Bertz CT molecular complexity index is 610. The quantitative estimate of drug-likeness (QED) is 0.628. The number of anilines is 1. The van der Waals surface area contributed by atoms with Crippen LogP contribution in [0.3, 0.4) is 0 Å². The summed E-state index contributed by atoms with van der Waals surface area (Å²) >= 11 is 0. The molecule has 8 heteroatoms. The van der Waals surface area contributed by atoms with Crippen molar-refractivity contribution in [3.63, 3.8) is 0 Å². The first kappa shape index (κ1) is 15.7. The zero-order valence-corrected chi connectivity index (χ0v) is 12.1. The number of carboxylic acids is 1. The molecule has 0 saturated carbocycles. The molecular formula is C14H17N3O5. The number of aliphatic carboxylic acids is 1. The summed E-state index contributed by atoms with van der Waals surface area (Å²) in [6.07, 6.45) is 1.96. The predicted octanol–water partition coefficient (Wildman–Crippen LogP) is 1.40. The van der Waals surface area contributed by atoms with Gasteiger partial charge in [-0.05, 0) is 31.9 Å². The fraction of sp³-hybridized carbons (Fsp3) is 0.429. The van der Waals surface area contributed by atoms with Crippen molar-refractivity contribution in [3.05, 3.63) is 33.9 Å². The maximum absolute atomic E-state index is 12.0. The summed E-state index contributed by atoms with van der Waals surface area (Å²) in [6, 6.07) is 3.15. The normalized spacial score (nSPS) is 15.4. The lowest BCUT2D eigenvalue weighted by Crippen LogP contribution is -2.38. The molecule has 1 aromatic rings. The smallest absolute Gasteiger partial charge is 0.325 e. The van der Waals surface area contributed by atoms with Crippen molar-refractivity contribution in [2.24, 2.45) is 0 Å². The minimum absolute atomic E-state index is 0.0720. The van der Waals surface area contributed by atoms with E-state index in [9.17, 15) is 19.7 Å². The summed E-state index contributed by atoms with van der Waals surface area (Å²) in [5, 5.41) is 22.3. The van der Waals surface area contributed by atoms with Gasteiger partial charge in [0, 0.05) is 24.7 Å². The Morgan fingerprint density at radius 3 is 2.55 bits per heavy atom. The van der Waals surface area contributed by atoms with E-state index in [1.165, 1.54) is 19.1 Å². The molecule has 22 heavy (non-hydrogen) atoms. The number of carbonyl (C=O) groups excluding carboxylic acids is 1. The zero-order valence-electron chi connectivity index (χ0n) is 12.1. The summed E-state index contributed by atoms with van der Waals surface area (Å²) in [4.78, 5) is 35.3. The highest BCUT2D eigenvalue weighted by molar-refractivity contribution is 5.97. The third-order valence-electron chi connectivity index (χ3n) is 3.60. The van der Waals surface area contributed by atoms with Gasteiger partial charge < -0.3 is 15.3 Å². The van der Waals surface area contributed by atoms with Gasteiger partial charge in [-0.25, -0.2) is 0 Å². The lowest BCUT2D eigenvalue weighted by Gasteiger charge is -2.18. The Balaban J connectivity index is 2.27. The first-order valence-corrected chi connectivity index (χ1v) is 6.97. The van der Waals surface area contributed by atoms with E-state index in [4.69, 9.17) is 5.11 Å². The van der Waals surface area contributed by atoms with Gasteiger partial charge in [-0.2, -0.15) is 0 Å². The number of carboxylic acid groups (broad SMARTS) is 1. The van der Waals surface area contributed by atoms with E-state index in [0.29, 0.717) is 5.69 Å². The van der Waals surface area contributed by atoms with Crippen LogP contribution in [0.25, 0.3) is 0 Å². The molecule has 1 fully saturated rings. The van der Waals surface area contributed by atoms with Gasteiger partial charge in [-0.15, -0.1) is 0 Å². The monoisotopic (exact) mass is 307 g/mol. The van der Waals surface area contributed by atoms with Gasteiger partial charge in [0.1, 0.15) is 11.7 Å². The fourth-order valence-electron chi connectivity index (χ4n) is 2.38. The lowest BCUT2D eigenvalue weighted by molar-refractivity contribution is -0.384. The average molecular weight is 307 g/mol. The van der Waals surface area contributed by atoms with Crippen molar-refractivity contribution in [2.45, 2.75) is 25.8 Å². The van der Waals surface area contributed by atoms with E-state index in [-0.39, 0.29) is 11.3 Å². The van der Waals surface area contributed by atoms with Gasteiger partial charge in [0.15, 0.2) is 0 Å². The second-order valence-corrected chi connectivity index (χ2v) is 5.19. The van der Waals surface area contributed by atoms with Crippen LogP contribution in [0.2, 0.25) is 0 Å².